The molecule has 0 bridgehead atoms. The largest absolute Gasteiger partial charge is 0.497 e. The second kappa shape index (κ2) is 7.66. The van der Waals surface area contributed by atoms with Crippen molar-refractivity contribution >= 4 is 17.5 Å². The number of nitrogens with zero attached hydrogens (tertiary/aromatic N) is 4. The van der Waals surface area contributed by atoms with Crippen molar-refractivity contribution in [2.45, 2.75) is 25.2 Å². The first-order chi connectivity index (χ1) is 13.5. The molecule has 7 nitrogen and oxygen atoms in total. The average molecular weight is 382 g/mol. The van der Waals surface area contributed by atoms with E-state index in [1.807, 2.05) is 48.5 Å². The van der Waals surface area contributed by atoms with Crippen molar-refractivity contribution in [3.63, 3.8) is 0 Å². The molecule has 0 saturated carbocycles. The van der Waals surface area contributed by atoms with E-state index in [2.05, 4.69) is 5.10 Å². The first-order valence-corrected chi connectivity index (χ1v) is 9.78. The van der Waals surface area contributed by atoms with Crippen LogP contribution in [0.2, 0.25) is 0 Å². The van der Waals surface area contributed by atoms with Crippen LogP contribution in [0.15, 0.2) is 36.5 Å². The lowest BCUT2D eigenvalue weighted by Crippen LogP contribution is -2.43. The number of piperidine rings is 1. The van der Waals surface area contributed by atoms with Crippen molar-refractivity contribution in [1.82, 2.24) is 14.7 Å². The van der Waals surface area contributed by atoms with E-state index in [0.717, 1.165) is 36.5 Å². The molecule has 4 rings (SSSR count). The SMILES string of the molecule is COc1ccc(N2C[C@@H](C(=O)N3CCC[C@@H](c4ccn(C)n4)C3)CC2=O)cc1. The van der Waals surface area contributed by atoms with Crippen molar-refractivity contribution in [3.8, 4) is 5.75 Å². The summed E-state index contributed by atoms with van der Waals surface area (Å²) in [5, 5.41) is 4.51. The third kappa shape index (κ3) is 3.61. The van der Waals surface area contributed by atoms with Gasteiger partial charge >= 0.3 is 0 Å². The fraction of sp³-hybridized carbons (Fsp3) is 0.476. The van der Waals surface area contributed by atoms with E-state index in [-0.39, 0.29) is 30.1 Å². The lowest BCUT2D eigenvalue weighted by atomic mass is 9.93. The molecule has 7 heteroatoms. The molecule has 2 fully saturated rings. The number of aromatic nitrogens is 2. The predicted octanol–water partition coefficient (Wildman–Crippen LogP) is 2.19. The Morgan fingerprint density at radius 1 is 1.18 bits per heavy atom. The third-order valence-electron chi connectivity index (χ3n) is 5.74. The zero-order valence-electron chi connectivity index (χ0n) is 16.4. The number of carbonyl (C=O) groups is 2. The van der Waals surface area contributed by atoms with E-state index in [4.69, 9.17) is 4.74 Å². The molecule has 148 valence electrons. The van der Waals surface area contributed by atoms with Crippen molar-refractivity contribution in [2.24, 2.45) is 13.0 Å². The molecule has 1 aromatic heterocycles. The van der Waals surface area contributed by atoms with Gasteiger partial charge in [0.15, 0.2) is 0 Å². The lowest BCUT2D eigenvalue weighted by Gasteiger charge is -2.33. The minimum Gasteiger partial charge on any atom is -0.497 e. The molecule has 2 atom stereocenters. The first kappa shape index (κ1) is 18.5. The smallest absolute Gasteiger partial charge is 0.228 e. The van der Waals surface area contributed by atoms with Gasteiger partial charge in [0.2, 0.25) is 11.8 Å². The second-order valence-corrected chi connectivity index (χ2v) is 7.64. The van der Waals surface area contributed by atoms with E-state index in [1.54, 1.807) is 16.7 Å². The molecule has 2 aliphatic rings. The maximum Gasteiger partial charge on any atom is 0.228 e. The molecular formula is C21H26N4O3. The van der Waals surface area contributed by atoms with Gasteiger partial charge in [0, 0.05) is 50.9 Å². The van der Waals surface area contributed by atoms with Gasteiger partial charge in [0.1, 0.15) is 5.75 Å². The molecule has 2 saturated heterocycles. The fourth-order valence-corrected chi connectivity index (χ4v) is 4.21. The Labute approximate surface area is 164 Å². The molecule has 2 aromatic rings. The van der Waals surface area contributed by atoms with Crippen molar-refractivity contribution in [1.29, 1.82) is 0 Å². The van der Waals surface area contributed by atoms with Crippen LogP contribution in [0.3, 0.4) is 0 Å². The lowest BCUT2D eigenvalue weighted by molar-refractivity contribution is -0.137. The predicted molar refractivity (Wildman–Crippen MR) is 105 cm³/mol. The Bertz CT molecular complexity index is 861. The van der Waals surface area contributed by atoms with Crippen LogP contribution in [0.5, 0.6) is 5.75 Å². The second-order valence-electron chi connectivity index (χ2n) is 7.64. The maximum atomic E-state index is 13.1. The van der Waals surface area contributed by atoms with Crippen LogP contribution in [-0.2, 0) is 16.6 Å². The molecule has 0 radical (unpaired) electrons. The Balaban J connectivity index is 1.42. The Hall–Kier alpha value is -2.83. The highest BCUT2D eigenvalue weighted by atomic mass is 16.5. The van der Waals surface area contributed by atoms with Gasteiger partial charge < -0.3 is 14.5 Å². The molecule has 28 heavy (non-hydrogen) atoms. The summed E-state index contributed by atoms with van der Waals surface area (Å²) in [5.74, 6) is 0.828. The summed E-state index contributed by atoms with van der Waals surface area (Å²) in [4.78, 5) is 29.3. The molecule has 0 N–H and O–H groups in total. The number of carbonyl (C=O) groups excluding carboxylic acids is 2. The number of hydrogen-bond donors (Lipinski definition) is 0. The molecule has 2 amide bonds. The Morgan fingerprint density at radius 3 is 2.64 bits per heavy atom. The van der Waals surface area contributed by atoms with Crippen LogP contribution >= 0.6 is 0 Å². The number of ether oxygens (including phenoxy) is 1. The van der Waals surface area contributed by atoms with Gasteiger partial charge in [-0.15, -0.1) is 0 Å². The van der Waals surface area contributed by atoms with E-state index in [1.165, 1.54) is 0 Å². The van der Waals surface area contributed by atoms with E-state index < -0.39 is 0 Å². The van der Waals surface area contributed by atoms with Gasteiger partial charge in [-0.25, -0.2) is 0 Å². The summed E-state index contributed by atoms with van der Waals surface area (Å²) < 4.78 is 6.98. The van der Waals surface area contributed by atoms with Gasteiger partial charge in [0.05, 0.1) is 18.7 Å². The summed E-state index contributed by atoms with van der Waals surface area (Å²) in [6.45, 7) is 1.88. The number of methoxy groups -OCH3 is 1. The summed E-state index contributed by atoms with van der Waals surface area (Å²) >= 11 is 0. The summed E-state index contributed by atoms with van der Waals surface area (Å²) in [7, 11) is 3.52. The first-order valence-electron chi connectivity index (χ1n) is 9.78. The number of likely N-dealkylation sites (tertiary alicyclic amines) is 1. The molecular weight excluding hydrogens is 356 g/mol. The van der Waals surface area contributed by atoms with Crippen molar-refractivity contribution in [2.75, 3.05) is 31.6 Å². The van der Waals surface area contributed by atoms with Crippen LogP contribution in [0, 0.1) is 5.92 Å². The van der Waals surface area contributed by atoms with Gasteiger partial charge in [-0.1, -0.05) is 0 Å². The minimum atomic E-state index is -0.280. The van der Waals surface area contributed by atoms with Crippen LogP contribution in [0.1, 0.15) is 30.9 Å². The van der Waals surface area contributed by atoms with Crippen LogP contribution in [0.4, 0.5) is 5.69 Å². The molecule has 0 aliphatic carbocycles. The summed E-state index contributed by atoms with van der Waals surface area (Å²) in [6, 6.07) is 9.42. The number of aryl methyl sites for hydroxylation is 1. The topological polar surface area (TPSA) is 67.7 Å². The number of anilines is 1. The molecule has 3 heterocycles. The van der Waals surface area contributed by atoms with Crippen LogP contribution in [-0.4, -0.2) is 53.2 Å². The normalized spacial score (nSPS) is 22.6. The van der Waals surface area contributed by atoms with Crippen molar-refractivity contribution < 1.29 is 14.3 Å². The number of rotatable bonds is 4. The number of benzene rings is 1. The van der Waals surface area contributed by atoms with Crippen molar-refractivity contribution in [3.05, 3.63) is 42.2 Å². The standard InChI is InChI=1S/C21H26N4O3/c1-23-11-9-19(22-23)15-4-3-10-24(13-15)21(27)16-12-20(26)25(14-16)17-5-7-18(28-2)8-6-17/h5-9,11,15-16H,3-4,10,12-14H2,1-2H3/t15-,16+/m1/s1. The number of hydrogen-bond acceptors (Lipinski definition) is 4. The van der Waals surface area contributed by atoms with E-state index in [0.29, 0.717) is 13.1 Å². The van der Waals surface area contributed by atoms with Crippen LogP contribution in [0.25, 0.3) is 0 Å². The van der Waals surface area contributed by atoms with E-state index >= 15 is 0 Å². The fourth-order valence-electron chi connectivity index (χ4n) is 4.21. The molecule has 0 spiro atoms. The van der Waals surface area contributed by atoms with Gasteiger partial charge in [-0.2, -0.15) is 5.10 Å². The monoisotopic (exact) mass is 382 g/mol. The molecule has 1 aromatic carbocycles. The highest BCUT2D eigenvalue weighted by Gasteiger charge is 2.38. The molecule has 2 aliphatic heterocycles. The van der Waals surface area contributed by atoms with E-state index in [9.17, 15) is 9.59 Å². The summed E-state index contributed by atoms with van der Waals surface area (Å²) in [6.07, 6.45) is 4.23. The Kier molecular flexibility index (Phi) is 5.07. The van der Waals surface area contributed by atoms with Gasteiger partial charge in [0.25, 0.3) is 0 Å². The highest BCUT2D eigenvalue weighted by Crippen LogP contribution is 2.31. The number of amides is 2. The Morgan fingerprint density at radius 2 is 1.96 bits per heavy atom. The quantitative estimate of drug-likeness (QED) is 0.813. The van der Waals surface area contributed by atoms with Gasteiger partial charge in [-0.3, -0.25) is 14.3 Å². The molecule has 0 unspecified atom stereocenters. The van der Waals surface area contributed by atoms with Gasteiger partial charge in [-0.05, 0) is 43.2 Å². The average Bonchev–Trinajstić information content (AvgIpc) is 3.33. The minimum absolute atomic E-state index is 0.00167. The zero-order chi connectivity index (χ0) is 19.7. The third-order valence-corrected chi connectivity index (χ3v) is 5.74. The maximum absolute atomic E-state index is 13.1. The summed E-state index contributed by atoms with van der Waals surface area (Å²) in [5.41, 5.74) is 1.86. The zero-order valence-corrected chi connectivity index (χ0v) is 16.4. The highest BCUT2D eigenvalue weighted by molar-refractivity contribution is 6.00. The van der Waals surface area contributed by atoms with Crippen LogP contribution < -0.4 is 9.64 Å².